The molecule has 0 aromatic heterocycles. The normalized spacial score (nSPS) is 41.4. The highest BCUT2D eigenvalue weighted by Crippen LogP contribution is 2.63. The van der Waals surface area contributed by atoms with Crippen molar-refractivity contribution in [2.45, 2.75) is 65.4 Å². The molecule has 6 atom stereocenters. The van der Waals surface area contributed by atoms with Gasteiger partial charge in [0, 0.05) is 17.4 Å². The number of aliphatic carboxylic acids is 1. The molecular weight excluding hydrogens is 320 g/mol. The Morgan fingerprint density at radius 3 is 2.88 bits per heavy atom. The van der Waals surface area contributed by atoms with Gasteiger partial charge in [0.25, 0.3) is 0 Å². The minimum absolute atomic E-state index is 0.108. The van der Waals surface area contributed by atoms with Crippen LogP contribution < -0.4 is 0 Å². The van der Waals surface area contributed by atoms with E-state index in [1.807, 2.05) is 13.0 Å². The second-order valence-electron chi connectivity index (χ2n) is 8.79. The van der Waals surface area contributed by atoms with E-state index in [0.717, 1.165) is 31.3 Å². The summed E-state index contributed by atoms with van der Waals surface area (Å²) >= 11 is 0. The molecule has 1 aliphatic heterocycles. The SMILES string of the molecule is C[C@H](CC[C@@]1(C)[C@H](C)[C@H](O)C[C@@]23COC(=O)C2=CCC[C@@H]31)CC(=O)O. The molecule has 2 fully saturated rings. The van der Waals surface area contributed by atoms with Crippen LogP contribution in [-0.2, 0) is 14.3 Å². The molecule has 0 radical (unpaired) electrons. The molecule has 0 amide bonds. The smallest absolute Gasteiger partial charge is 0.334 e. The second kappa shape index (κ2) is 6.42. The molecule has 1 heterocycles. The maximum absolute atomic E-state index is 12.2. The van der Waals surface area contributed by atoms with E-state index >= 15 is 0 Å². The number of cyclic esters (lactones) is 1. The highest BCUT2D eigenvalue weighted by atomic mass is 16.5. The number of aliphatic hydroxyl groups is 1. The third-order valence-electron chi connectivity index (χ3n) is 7.37. The Morgan fingerprint density at radius 1 is 1.48 bits per heavy atom. The van der Waals surface area contributed by atoms with Crippen LogP contribution in [-0.4, -0.2) is 34.9 Å². The zero-order valence-electron chi connectivity index (χ0n) is 15.5. The Labute approximate surface area is 149 Å². The number of aliphatic hydroxyl groups excluding tert-OH is 1. The van der Waals surface area contributed by atoms with Crippen molar-refractivity contribution in [2.75, 3.05) is 6.61 Å². The average molecular weight is 350 g/mol. The zero-order valence-corrected chi connectivity index (χ0v) is 15.5. The van der Waals surface area contributed by atoms with E-state index in [9.17, 15) is 14.7 Å². The van der Waals surface area contributed by atoms with Crippen LogP contribution in [0.25, 0.3) is 0 Å². The summed E-state index contributed by atoms with van der Waals surface area (Å²) in [6, 6.07) is 0. The average Bonchev–Trinajstić information content (AvgIpc) is 2.87. The lowest BCUT2D eigenvalue weighted by Crippen LogP contribution is -2.56. The maximum atomic E-state index is 12.2. The van der Waals surface area contributed by atoms with Crippen molar-refractivity contribution in [3.63, 3.8) is 0 Å². The summed E-state index contributed by atoms with van der Waals surface area (Å²) in [5.41, 5.74) is 0.295. The van der Waals surface area contributed by atoms with Crippen LogP contribution in [0.4, 0.5) is 0 Å². The number of carboxylic acid groups (broad SMARTS) is 1. The molecule has 5 heteroatoms. The van der Waals surface area contributed by atoms with Crippen molar-refractivity contribution < 1.29 is 24.5 Å². The van der Waals surface area contributed by atoms with Crippen molar-refractivity contribution in [3.8, 4) is 0 Å². The van der Waals surface area contributed by atoms with E-state index in [4.69, 9.17) is 9.84 Å². The number of hydrogen-bond donors (Lipinski definition) is 2. The fraction of sp³-hybridized carbons (Fsp3) is 0.800. The van der Waals surface area contributed by atoms with Crippen molar-refractivity contribution in [1.29, 1.82) is 0 Å². The highest BCUT2D eigenvalue weighted by Gasteiger charge is 2.63. The van der Waals surface area contributed by atoms with E-state index in [2.05, 4.69) is 13.8 Å². The molecule has 2 N–H and O–H groups in total. The third kappa shape index (κ3) is 2.90. The van der Waals surface area contributed by atoms with Gasteiger partial charge in [-0.1, -0.05) is 26.8 Å². The number of carboxylic acids is 1. The van der Waals surface area contributed by atoms with Gasteiger partial charge in [-0.2, -0.15) is 0 Å². The third-order valence-corrected chi connectivity index (χ3v) is 7.37. The summed E-state index contributed by atoms with van der Waals surface area (Å²) in [5.74, 6) is -0.453. The Hall–Kier alpha value is -1.36. The van der Waals surface area contributed by atoms with Crippen LogP contribution >= 0.6 is 0 Å². The molecule has 0 aromatic carbocycles. The summed E-state index contributed by atoms with van der Waals surface area (Å²) in [5, 5.41) is 19.8. The van der Waals surface area contributed by atoms with Crippen LogP contribution in [0.3, 0.4) is 0 Å². The van der Waals surface area contributed by atoms with E-state index in [-0.39, 0.29) is 35.1 Å². The van der Waals surface area contributed by atoms with Crippen molar-refractivity contribution in [3.05, 3.63) is 11.6 Å². The molecule has 5 nitrogen and oxygen atoms in total. The van der Waals surface area contributed by atoms with Gasteiger partial charge in [0.15, 0.2) is 0 Å². The lowest BCUT2D eigenvalue weighted by Gasteiger charge is -2.58. The number of ether oxygens (including phenoxy) is 1. The van der Waals surface area contributed by atoms with Gasteiger partial charge < -0.3 is 14.9 Å². The molecule has 1 saturated carbocycles. The molecule has 140 valence electrons. The Balaban J connectivity index is 1.88. The topological polar surface area (TPSA) is 83.8 Å². The van der Waals surface area contributed by atoms with E-state index < -0.39 is 12.1 Å². The van der Waals surface area contributed by atoms with Crippen molar-refractivity contribution >= 4 is 11.9 Å². The van der Waals surface area contributed by atoms with Crippen LogP contribution in [0.1, 0.15) is 59.3 Å². The minimum atomic E-state index is -0.761. The molecule has 25 heavy (non-hydrogen) atoms. The van der Waals surface area contributed by atoms with Crippen LogP contribution in [0, 0.1) is 28.6 Å². The number of rotatable bonds is 5. The minimum Gasteiger partial charge on any atom is -0.481 e. The standard InChI is InChI=1S/C20H30O5/c1-12(9-17(22)23)7-8-19(3)13(2)15(21)10-20-11-25-18(24)14(20)5-4-6-16(19)20/h5,12-13,15-16,21H,4,6-11H2,1-3H3,(H,22,23)/t12-,13-,15-,16-,19+,20-/m1/s1. The molecule has 0 unspecified atom stereocenters. The first kappa shape index (κ1) is 18.4. The molecule has 1 saturated heterocycles. The van der Waals surface area contributed by atoms with Crippen LogP contribution in [0.5, 0.6) is 0 Å². The number of carbonyl (C=O) groups excluding carboxylic acids is 1. The van der Waals surface area contributed by atoms with Crippen molar-refractivity contribution in [2.24, 2.45) is 28.6 Å². The second-order valence-corrected chi connectivity index (χ2v) is 8.79. The van der Waals surface area contributed by atoms with E-state index in [1.54, 1.807) is 0 Å². The number of allylic oxidation sites excluding steroid dienone is 1. The molecule has 3 aliphatic rings. The highest BCUT2D eigenvalue weighted by molar-refractivity contribution is 5.92. The quantitative estimate of drug-likeness (QED) is 0.744. The van der Waals surface area contributed by atoms with Gasteiger partial charge in [0.05, 0.1) is 6.10 Å². The predicted molar refractivity (Wildman–Crippen MR) is 92.7 cm³/mol. The lowest BCUT2D eigenvalue weighted by atomic mass is 9.46. The first-order valence-corrected chi connectivity index (χ1v) is 9.48. The first-order valence-electron chi connectivity index (χ1n) is 9.48. The predicted octanol–water partition coefficient (Wildman–Crippen LogP) is 3.16. The van der Waals surface area contributed by atoms with E-state index in [0.29, 0.717) is 18.9 Å². The van der Waals surface area contributed by atoms with E-state index in [1.165, 1.54) is 0 Å². The fourth-order valence-corrected chi connectivity index (χ4v) is 5.74. The van der Waals surface area contributed by atoms with Gasteiger partial charge in [0.2, 0.25) is 0 Å². The van der Waals surface area contributed by atoms with Crippen LogP contribution in [0.15, 0.2) is 11.6 Å². The fourth-order valence-electron chi connectivity index (χ4n) is 5.74. The Kier molecular flexibility index (Phi) is 4.73. The number of hydrogen-bond acceptors (Lipinski definition) is 4. The summed E-state index contributed by atoms with van der Waals surface area (Å²) in [6.07, 6.45) is 5.88. The summed E-state index contributed by atoms with van der Waals surface area (Å²) in [4.78, 5) is 23.2. The van der Waals surface area contributed by atoms with Gasteiger partial charge in [-0.15, -0.1) is 0 Å². The Bertz CT molecular complexity index is 597. The molecule has 2 aliphatic carbocycles. The molecule has 0 aromatic rings. The van der Waals surface area contributed by atoms with Gasteiger partial charge >= 0.3 is 11.9 Å². The number of carbonyl (C=O) groups is 2. The monoisotopic (exact) mass is 350 g/mol. The largest absolute Gasteiger partial charge is 0.481 e. The van der Waals surface area contributed by atoms with Crippen molar-refractivity contribution in [1.82, 2.24) is 0 Å². The Morgan fingerprint density at radius 2 is 2.20 bits per heavy atom. The molecular formula is C20H30O5. The zero-order chi connectivity index (χ0) is 18.4. The van der Waals surface area contributed by atoms with Gasteiger partial charge in [-0.3, -0.25) is 4.79 Å². The van der Waals surface area contributed by atoms with Gasteiger partial charge in [-0.05, 0) is 55.3 Å². The first-order chi connectivity index (χ1) is 11.7. The molecule has 3 rings (SSSR count). The summed E-state index contributed by atoms with van der Waals surface area (Å²) in [7, 11) is 0. The number of esters is 1. The van der Waals surface area contributed by atoms with Gasteiger partial charge in [-0.25, -0.2) is 4.79 Å². The molecule has 1 spiro atoms. The maximum Gasteiger partial charge on any atom is 0.334 e. The van der Waals surface area contributed by atoms with Crippen LogP contribution in [0.2, 0.25) is 0 Å². The summed E-state index contributed by atoms with van der Waals surface area (Å²) in [6.45, 7) is 6.69. The van der Waals surface area contributed by atoms with Gasteiger partial charge in [0.1, 0.15) is 6.61 Å². The molecule has 0 bridgehead atoms. The summed E-state index contributed by atoms with van der Waals surface area (Å²) < 4.78 is 5.42. The lowest BCUT2D eigenvalue weighted by molar-refractivity contribution is -0.139.